The molecule has 10 aromatic rings. The summed E-state index contributed by atoms with van der Waals surface area (Å²) in [7, 11) is 0. The Morgan fingerprint density at radius 1 is 0.636 bits per heavy atom. The van der Waals surface area contributed by atoms with Gasteiger partial charge >= 0.3 is 11.3 Å². The summed E-state index contributed by atoms with van der Waals surface area (Å²) in [5.74, 6) is 0.487. The van der Waals surface area contributed by atoms with E-state index in [0.717, 1.165) is 71.1 Å². The molecule has 0 spiro atoms. The topological polar surface area (TPSA) is 95.6 Å². The van der Waals surface area contributed by atoms with Crippen molar-refractivity contribution in [2.75, 3.05) is 0 Å². The first-order chi connectivity index (χ1) is 26.7. The molecule has 270 valence electrons. The molecule has 11 rings (SSSR count). The van der Waals surface area contributed by atoms with Crippen LogP contribution < -0.4 is 22.4 Å². The van der Waals surface area contributed by atoms with Crippen molar-refractivity contribution in [3.8, 4) is 0 Å². The van der Waals surface area contributed by atoms with Gasteiger partial charge in [0.1, 0.15) is 0 Å². The molecular formula is C46H33NO6S2. The maximum absolute atomic E-state index is 13.9. The number of ether oxygens (including phenoxy) is 1. The first-order valence-corrected chi connectivity index (χ1v) is 20.4. The maximum atomic E-state index is 13.9. The molecule has 0 saturated heterocycles. The van der Waals surface area contributed by atoms with Crippen molar-refractivity contribution < 1.29 is 9.15 Å². The number of benzene rings is 6. The normalized spacial score (nSPS) is 17.3. The van der Waals surface area contributed by atoms with Crippen LogP contribution in [0.1, 0.15) is 32.3 Å². The van der Waals surface area contributed by atoms with Gasteiger partial charge in [-0.1, -0.05) is 49.4 Å². The smallest absolute Gasteiger partial charge is 0.346 e. The monoisotopic (exact) mass is 759 g/mol. The van der Waals surface area contributed by atoms with Crippen molar-refractivity contribution in [3.63, 3.8) is 0 Å². The largest absolute Gasteiger partial charge is 0.386 e. The zero-order valence-electron chi connectivity index (χ0n) is 30.0. The standard InChI is InChI=1S/C46H33NO6S2/c1-22(21-47-43(48)30-11-9-28-26-5-3-4-6-35(26)54-36-15-13-31(44(47)49)39(30)41(28)36)17-23(2)52-34-20-25(34)18-24-7-8-27-29-10-12-32-40-33(46(51)53-45(32)50)14-16-37(42(29)40)55-38(27)19-24/h3-16,19,22-23,25,34H,17-18,20-21H2,1-2H3/t22?,23?,25-,34?/m0/s1. The number of nitrogens with zero attached hydrogens (tertiary/aromatic N) is 1. The molecule has 6 aromatic carbocycles. The van der Waals surface area contributed by atoms with Gasteiger partial charge in [-0.3, -0.25) is 14.2 Å². The average molecular weight is 760 g/mol. The Morgan fingerprint density at radius 2 is 1.20 bits per heavy atom. The van der Waals surface area contributed by atoms with Crippen LogP contribution in [0.4, 0.5) is 0 Å². The second-order valence-electron chi connectivity index (χ2n) is 15.5. The molecule has 7 nitrogen and oxygen atoms in total. The van der Waals surface area contributed by atoms with Crippen LogP contribution in [0.5, 0.6) is 0 Å². The molecule has 0 bridgehead atoms. The van der Waals surface area contributed by atoms with Crippen molar-refractivity contribution in [3.05, 3.63) is 138 Å². The summed E-state index contributed by atoms with van der Waals surface area (Å²) >= 11 is 3.37. The number of hydrogen-bond donors (Lipinski definition) is 0. The molecule has 1 saturated carbocycles. The van der Waals surface area contributed by atoms with E-state index in [0.29, 0.717) is 39.4 Å². The number of rotatable bonds is 8. The lowest BCUT2D eigenvalue weighted by molar-refractivity contribution is 0.0284. The third-order valence-corrected chi connectivity index (χ3v) is 14.0. The summed E-state index contributed by atoms with van der Waals surface area (Å²) in [6.45, 7) is 4.53. The first kappa shape index (κ1) is 32.9. The Kier molecular flexibility index (Phi) is 7.18. The van der Waals surface area contributed by atoms with Gasteiger partial charge < -0.3 is 9.15 Å². The summed E-state index contributed by atoms with van der Waals surface area (Å²) in [5, 5.41) is 9.81. The van der Waals surface area contributed by atoms with Gasteiger partial charge in [-0.15, -0.1) is 22.7 Å². The van der Waals surface area contributed by atoms with Crippen LogP contribution in [0.15, 0.2) is 115 Å². The molecule has 0 amide bonds. The SMILES string of the molecule is CC(CC(C)OC1C[C@@H]1Cc1ccc2c(c1)sc1ccc3c(=O)oc(=O)c4ccc2c1c34)Cn1c(=O)c2ccc3sc4ccccc4c4ccc(c1=O)c2c34. The summed E-state index contributed by atoms with van der Waals surface area (Å²) in [5.41, 5.74) is -0.383. The molecule has 0 radical (unpaired) electrons. The van der Waals surface area contributed by atoms with Crippen LogP contribution in [-0.2, 0) is 17.7 Å². The fourth-order valence-electron chi connectivity index (χ4n) is 9.21. The van der Waals surface area contributed by atoms with E-state index in [4.69, 9.17) is 9.15 Å². The highest BCUT2D eigenvalue weighted by atomic mass is 32.1. The van der Waals surface area contributed by atoms with Crippen LogP contribution in [0.2, 0.25) is 0 Å². The Hall–Kier alpha value is -5.48. The first-order valence-electron chi connectivity index (χ1n) is 18.8. The Balaban J connectivity index is 0.801. The van der Waals surface area contributed by atoms with Gasteiger partial charge in [0.15, 0.2) is 0 Å². The third kappa shape index (κ3) is 5.03. The zero-order chi connectivity index (χ0) is 37.3. The molecule has 4 atom stereocenters. The van der Waals surface area contributed by atoms with Gasteiger partial charge in [-0.2, -0.15) is 0 Å². The van der Waals surface area contributed by atoms with E-state index in [1.807, 2.05) is 48.5 Å². The molecule has 4 aromatic heterocycles. The van der Waals surface area contributed by atoms with E-state index in [1.54, 1.807) is 34.8 Å². The predicted molar refractivity (Wildman–Crippen MR) is 226 cm³/mol. The van der Waals surface area contributed by atoms with Gasteiger partial charge in [0.2, 0.25) is 0 Å². The summed E-state index contributed by atoms with van der Waals surface area (Å²) < 4.78 is 17.4. The molecule has 0 N–H and O–H groups in total. The fourth-order valence-corrected chi connectivity index (χ4v) is 11.5. The molecule has 1 aliphatic carbocycles. The minimum atomic E-state index is -0.595. The molecule has 4 heterocycles. The van der Waals surface area contributed by atoms with Crippen molar-refractivity contribution in [1.29, 1.82) is 0 Å². The second kappa shape index (κ2) is 12.0. The van der Waals surface area contributed by atoms with Crippen LogP contribution in [0, 0.1) is 11.8 Å². The van der Waals surface area contributed by atoms with Gasteiger partial charge in [0.05, 0.1) is 23.0 Å². The number of fused-ring (bicyclic) bond motifs is 4. The van der Waals surface area contributed by atoms with Gasteiger partial charge in [0.25, 0.3) is 11.1 Å². The van der Waals surface area contributed by atoms with Gasteiger partial charge in [0, 0.05) is 57.7 Å². The highest BCUT2D eigenvalue weighted by molar-refractivity contribution is 7.25. The fraction of sp³-hybridized carbons (Fsp3) is 0.217. The molecular weight excluding hydrogens is 727 g/mol. The van der Waals surface area contributed by atoms with Crippen molar-refractivity contribution in [1.82, 2.24) is 4.57 Å². The number of pyridine rings is 1. The number of aromatic nitrogens is 1. The molecule has 1 aliphatic rings. The Labute approximate surface area is 320 Å². The molecule has 3 unspecified atom stereocenters. The molecule has 55 heavy (non-hydrogen) atoms. The van der Waals surface area contributed by atoms with E-state index in [-0.39, 0.29) is 29.2 Å². The van der Waals surface area contributed by atoms with Crippen LogP contribution >= 0.6 is 22.7 Å². The second-order valence-corrected chi connectivity index (χ2v) is 17.7. The maximum Gasteiger partial charge on any atom is 0.346 e. The van der Waals surface area contributed by atoms with Crippen molar-refractivity contribution in [2.24, 2.45) is 11.8 Å². The predicted octanol–water partition coefficient (Wildman–Crippen LogP) is 9.81. The third-order valence-electron chi connectivity index (χ3n) is 11.8. The lowest BCUT2D eigenvalue weighted by atomic mass is 9.97. The average Bonchev–Trinajstić information content (AvgIpc) is 3.91. The van der Waals surface area contributed by atoms with Crippen molar-refractivity contribution >= 4 is 106 Å². The van der Waals surface area contributed by atoms with E-state index in [2.05, 4.69) is 44.2 Å². The van der Waals surface area contributed by atoms with Crippen LogP contribution in [-0.4, -0.2) is 16.8 Å². The minimum absolute atomic E-state index is 0.0161. The summed E-state index contributed by atoms with van der Waals surface area (Å²) in [4.78, 5) is 52.8. The van der Waals surface area contributed by atoms with E-state index in [1.165, 1.54) is 14.8 Å². The molecule has 1 fully saturated rings. The zero-order valence-corrected chi connectivity index (χ0v) is 31.6. The molecule has 9 heteroatoms. The Bertz CT molecular complexity index is 3410. The number of hydrogen-bond acceptors (Lipinski definition) is 8. The van der Waals surface area contributed by atoms with Gasteiger partial charge in [-0.25, -0.2) is 9.59 Å². The van der Waals surface area contributed by atoms with Gasteiger partial charge in [-0.05, 0) is 114 Å². The van der Waals surface area contributed by atoms with E-state index >= 15 is 0 Å². The van der Waals surface area contributed by atoms with Crippen molar-refractivity contribution in [2.45, 2.75) is 51.9 Å². The quantitative estimate of drug-likeness (QED) is 0.113. The lowest BCUT2D eigenvalue weighted by Gasteiger charge is -2.20. The minimum Gasteiger partial charge on any atom is -0.386 e. The van der Waals surface area contributed by atoms with E-state index in [9.17, 15) is 19.2 Å². The summed E-state index contributed by atoms with van der Waals surface area (Å²) in [6.07, 6.45) is 2.81. The molecule has 0 aliphatic heterocycles. The van der Waals surface area contributed by atoms with Crippen LogP contribution in [0.3, 0.4) is 0 Å². The highest BCUT2D eigenvalue weighted by Crippen LogP contribution is 2.43. The highest BCUT2D eigenvalue weighted by Gasteiger charge is 2.39. The van der Waals surface area contributed by atoms with E-state index < -0.39 is 11.3 Å². The Morgan fingerprint density at radius 3 is 1.93 bits per heavy atom. The summed E-state index contributed by atoms with van der Waals surface area (Å²) in [6, 6.07) is 30.2. The lowest BCUT2D eigenvalue weighted by Crippen LogP contribution is -2.35. The van der Waals surface area contributed by atoms with Crippen LogP contribution in [0.25, 0.3) is 83.4 Å².